The monoisotopic (exact) mass is 267 g/mol. The summed E-state index contributed by atoms with van der Waals surface area (Å²) in [4.78, 5) is 35.1. The fourth-order valence-electron chi connectivity index (χ4n) is 1.98. The molecule has 6 nitrogen and oxygen atoms in total. The van der Waals surface area contributed by atoms with Gasteiger partial charge in [-0.25, -0.2) is 9.98 Å². The van der Waals surface area contributed by atoms with Crippen molar-refractivity contribution >= 4 is 23.8 Å². The number of aliphatic carboxylic acids is 1. The predicted molar refractivity (Wildman–Crippen MR) is 71.1 cm³/mol. The summed E-state index contributed by atoms with van der Waals surface area (Å²) in [5.41, 5.74) is 1.74. The molecule has 2 aromatic rings. The lowest BCUT2D eigenvalue weighted by Crippen LogP contribution is -2.27. The van der Waals surface area contributed by atoms with Crippen molar-refractivity contribution in [2.45, 2.75) is 0 Å². The van der Waals surface area contributed by atoms with Crippen LogP contribution in [-0.2, 0) is 4.79 Å². The Morgan fingerprint density at radius 1 is 1.15 bits per heavy atom. The molecule has 0 aromatic carbocycles. The molecule has 0 aliphatic carbocycles. The minimum atomic E-state index is -1.23. The Kier molecular flexibility index (Phi) is 2.83. The van der Waals surface area contributed by atoms with Crippen LogP contribution in [0, 0.1) is 5.92 Å². The highest BCUT2D eigenvalue weighted by Crippen LogP contribution is 2.27. The third-order valence-corrected chi connectivity index (χ3v) is 3.01. The van der Waals surface area contributed by atoms with Gasteiger partial charge >= 0.3 is 5.97 Å². The van der Waals surface area contributed by atoms with Crippen LogP contribution in [0.15, 0.2) is 41.7 Å². The van der Waals surface area contributed by atoms with Crippen molar-refractivity contribution in [2.75, 3.05) is 0 Å². The highest BCUT2D eigenvalue weighted by molar-refractivity contribution is 6.21. The number of carboxylic acid groups (broad SMARTS) is 1. The van der Waals surface area contributed by atoms with Gasteiger partial charge in [0.15, 0.2) is 17.5 Å². The summed E-state index contributed by atoms with van der Waals surface area (Å²) in [7, 11) is 0. The maximum Gasteiger partial charge on any atom is 0.319 e. The van der Waals surface area contributed by atoms with Gasteiger partial charge in [-0.2, -0.15) is 0 Å². The third kappa shape index (κ3) is 1.97. The molecular weight excluding hydrogens is 258 g/mol. The average Bonchev–Trinajstić information content (AvgIpc) is 2.48. The van der Waals surface area contributed by atoms with E-state index in [0.717, 1.165) is 11.8 Å². The van der Waals surface area contributed by atoms with Crippen LogP contribution in [0.25, 0.3) is 11.3 Å². The van der Waals surface area contributed by atoms with Gasteiger partial charge < -0.3 is 5.11 Å². The van der Waals surface area contributed by atoms with Crippen LogP contribution in [0.2, 0.25) is 0 Å². The van der Waals surface area contributed by atoms with E-state index >= 15 is 0 Å². The van der Waals surface area contributed by atoms with E-state index in [2.05, 4.69) is 15.0 Å². The molecule has 0 amide bonds. The molecule has 3 heterocycles. The summed E-state index contributed by atoms with van der Waals surface area (Å²) in [6.07, 6.45) is 4.41. The predicted octanol–water partition coefficient (Wildman–Crippen LogP) is 1.74. The number of pyridine rings is 2. The quantitative estimate of drug-likeness (QED) is 0.836. The van der Waals surface area contributed by atoms with E-state index in [1.807, 2.05) is 0 Å². The lowest BCUT2D eigenvalue weighted by atomic mass is 9.96. The molecule has 1 atom stereocenters. The molecule has 0 bridgehead atoms. The largest absolute Gasteiger partial charge is 0.480 e. The second-order valence-corrected chi connectivity index (χ2v) is 4.26. The van der Waals surface area contributed by atoms with Crippen LogP contribution in [0.4, 0.5) is 5.82 Å². The van der Waals surface area contributed by atoms with Gasteiger partial charge in [0.2, 0.25) is 0 Å². The molecular formula is C14H9N3O3. The van der Waals surface area contributed by atoms with E-state index in [1.165, 1.54) is 0 Å². The standard InChI is InChI=1S/C14H9N3O3/c18-12-9-1-2-11(8-3-5-15-6-4-8)17-13(9)16-7-10(12)14(19)20/h1-7,10H,(H,19,20). The minimum absolute atomic E-state index is 0.234. The number of aromatic nitrogens is 2. The van der Waals surface area contributed by atoms with Crippen molar-refractivity contribution in [3.63, 3.8) is 0 Å². The van der Waals surface area contributed by atoms with Crippen molar-refractivity contribution in [1.29, 1.82) is 0 Å². The highest BCUT2D eigenvalue weighted by atomic mass is 16.4. The number of hydrogen-bond acceptors (Lipinski definition) is 5. The minimum Gasteiger partial charge on any atom is -0.480 e. The summed E-state index contributed by atoms with van der Waals surface area (Å²) >= 11 is 0. The van der Waals surface area contributed by atoms with Gasteiger partial charge in [-0.3, -0.25) is 14.6 Å². The fraction of sp³-hybridized carbons (Fsp3) is 0.0714. The van der Waals surface area contributed by atoms with E-state index < -0.39 is 17.7 Å². The van der Waals surface area contributed by atoms with E-state index in [0.29, 0.717) is 5.69 Å². The van der Waals surface area contributed by atoms with E-state index in [-0.39, 0.29) is 11.4 Å². The Morgan fingerprint density at radius 2 is 1.90 bits per heavy atom. The average molecular weight is 267 g/mol. The lowest BCUT2D eigenvalue weighted by molar-refractivity contribution is -0.137. The summed E-state index contributed by atoms with van der Waals surface area (Å²) in [5, 5.41) is 8.93. The fourth-order valence-corrected chi connectivity index (χ4v) is 1.98. The van der Waals surface area contributed by atoms with Gasteiger partial charge in [0, 0.05) is 24.2 Å². The van der Waals surface area contributed by atoms with Crippen molar-refractivity contribution in [1.82, 2.24) is 9.97 Å². The molecule has 3 rings (SSSR count). The van der Waals surface area contributed by atoms with Gasteiger partial charge in [-0.1, -0.05) is 0 Å². The Bertz CT molecular complexity index is 726. The molecule has 1 aliphatic rings. The first-order valence-corrected chi connectivity index (χ1v) is 5.89. The number of rotatable bonds is 2. The first kappa shape index (κ1) is 12.2. The second kappa shape index (κ2) is 4.65. The Morgan fingerprint density at radius 3 is 2.60 bits per heavy atom. The number of carboxylic acids is 1. The highest BCUT2D eigenvalue weighted by Gasteiger charge is 2.31. The van der Waals surface area contributed by atoms with Crippen molar-refractivity contribution in [3.05, 3.63) is 42.2 Å². The van der Waals surface area contributed by atoms with Gasteiger partial charge in [0.05, 0.1) is 11.3 Å². The Hall–Kier alpha value is -2.89. The van der Waals surface area contributed by atoms with Crippen molar-refractivity contribution in [3.8, 4) is 11.3 Å². The van der Waals surface area contributed by atoms with Gasteiger partial charge in [-0.15, -0.1) is 0 Å². The number of carbonyl (C=O) groups is 2. The van der Waals surface area contributed by atoms with Gasteiger partial charge in [-0.05, 0) is 24.3 Å². The molecule has 0 spiro atoms. The molecule has 1 aliphatic heterocycles. The first-order valence-electron chi connectivity index (χ1n) is 5.89. The number of fused-ring (bicyclic) bond motifs is 1. The topological polar surface area (TPSA) is 92.5 Å². The van der Waals surface area contributed by atoms with Crippen LogP contribution >= 0.6 is 0 Å². The zero-order valence-electron chi connectivity index (χ0n) is 10.2. The summed E-state index contributed by atoms with van der Waals surface area (Å²) in [6.45, 7) is 0. The maximum atomic E-state index is 12.0. The lowest BCUT2D eigenvalue weighted by Gasteiger charge is -2.14. The zero-order chi connectivity index (χ0) is 14.1. The van der Waals surface area contributed by atoms with Gasteiger partial charge in [0.1, 0.15) is 0 Å². The normalized spacial score (nSPS) is 16.8. The summed E-state index contributed by atoms with van der Waals surface area (Å²) in [5.74, 6) is -2.67. The van der Waals surface area contributed by atoms with Crippen LogP contribution in [0.3, 0.4) is 0 Å². The van der Waals surface area contributed by atoms with E-state index in [4.69, 9.17) is 5.11 Å². The zero-order valence-corrected chi connectivity index (χ0v) is 10.2. The van der Waals surface area contributed by atoms with E-state index in [1.54, 1.807) is 36.7 Å². The molecule has 98 valence electrons. The second-order valence-electron chi connectivity index (χ2n) is 4.26. The smallest absolute Gasteiger partial charge is 0.319 e. The number of nitrogens with zero attached hydrogens (tertiary/aromatic N) is 3. The molecule has 0 saturated carbocycles. The summed E-state index contributed by atoms with van der Waals surface area (Å²) in [6, 6.07) is 6.82. The molecule has 0 fully saturated rings. The molecule has 20 heavy (non-hydrogen) atoms. The van der Waals surface area contributed by atoms with Crippen LogP contribution in [0.1, 0.15) is 10.4 Å². The van der Waals surface area contributed by atoms with Crippen LogP contribution in [0.5, 0.6) is 0 Å². The molecule has 1 N–H and O–H groups in total. The molecule has 0 radical (unpaired) electrons. The summed E-state index contributed by atoms with van der Waals surface area (Å²) < 4.78 is 0. The third-order valence-electron chi connectivity index (χ3n) is 3.01. The number of aliphatic imine (C=N–C) groups is 1. The SMILES string of the molecule is O=C(O)C1C=Nc2nc(-c3ccncc3)ccc2C1=O. The number of hydrogen-bond donors (Lipinski definition) is 1. The van der Waals surface area contributed by atoms with E-state index in [9.17, 15) is 9.59 Å². The molecule has 0 saturated heterocycles. The Balaban J connectivity index is 2.05. The Labute approximate surface area is 113 Å². The van der Waals surface area contributed by atoms with Crippen molar-refractivity contribution < 1.29 is 14.7 Å². The first-order chi connectivity index (χ1) is 9.66. The van der Waals surface area contributed by atoms with Crippen LogP contribution < -0.4 is 0 Å². The van der Waals surface area contributed by atoms with Crippen LogP contribution in [-0.4, -0.2) is 33.0 Å². The number of Topliss-reactive ketones (excluding diaryl/α,β-unsaturated/α-hetero) is 1. The maximum absolute atomic E-state index is 12.0. The van der Waals surface area contributed by atoms with Gasteiger partial charge in [0.25, 0.3) is 0 Å². The van der Waals surface area contributed by atoms with Crippen molar-refractivity contribution in [2.24, 2.45) is 10.9 Å². The molecule has 1 unspecified atom stereocenters. The molecule has 6 heteroatoms. The number of ketones is 1. The number of carbonyl (C=O) groups excluding carboxylic acids is 1. The molecule has 2 aromatic heterocycles.